The number of Topliss-reactive ketones (excluding diaryl/α,β-unsaturated/α-hetero) is 1. The zero-order valence-corrected chi connectivity index (χ0v) is 18.6. The van der Waals surface area contributed by atoms with Gasteiger partial charge in [-0.3, -0.25) is 9.59 Å². The number of rotatable bonds is 11. The van der Waals surface area contributed by atoms with Gasteiger partial charge in [0.2, 0.25) is 5.91 Å². The van der Waals surface area contributed by atoms with E-state index in [1.807, 2.05) is 13.8 Å². The van der Waals surface area contributed by atoms with Gasteiger partial charge in [-0.2, -0.15) is 0 Å². The molecular formula is C22H36N2O4. The Labute approximate surface area is 169 Å². The summed E-state index contributed by atoms with van der Waals surface area (Å²) >= 11 is 0. The molecule has 1 amide bonds. The first-order chi connectivity index (χ1) is 13.2. The highest BCUT2D eigenvalue weighted by Gasteiger charge is 2.31. The fourth-order valence-corrected chi connectivity index (χ4v) is 3.70. The second-order valence-electron chi connectivity index (χ2n) is 7.42. The van der Waals surface area contributed by atoms with Gasteiger partial charge in [-0.25, -0.2) is 4.79 Å². The smallest absolute Gasteiger partial charge is 0.354 e. The van der Waals surface area contributed by atoms with Crippen LogP contribution in [-0.4, -0.2) is 46.8 Å². The SMILES string of the molecule is CCCCCCC(=O)N(CCC)[C@H](C)C(=O)c1c(C)c(C(=O)OC)n(C)c1C. The zero-order chi connectivity index (χ0) is 21.4. The molecule has 1 atom stereocenters. The molecule has 0 aromatic carbocycles. The van der Waals surface area contributed by atoms with E-state index in [4.69, 9.17) is 4.74 Å². The molecule has 6 heteroatoms. The van der Waals surface area contributed by atoms with Crippen LogP contribution < -0.4 is 0 Å². The lowest BCUT2D eigenvalue weighted by Gasteiger charge is -2.28. The molecule has 1 rings (SSSR count). The number of carbonyl (C=O) groups is 3. The standard InChI is InChI=1S/C22H36N2O4/c1-8-10-11-12-13-18(25)24(14-9-2)17(5)21(26)19-15(3)20(22(27)28-7)23(6)16(19)4/h17H,8-14H2,1-7H3/t17-/m1/s1. The van der Waals surface area contributed by atoms with Crippen LogP contribution in [0.25, 0.3) is 0 Å². The van der Waals surface area contributed by atoms with Gasteiger partial charge in [-0.05, 0) is 39.2 Å². The highest BCUT2D eigenvalue weighted by atomic mass is 16.5. The summed E-state index contributed by atoms with van der Waals surface area (Å²) in [6, 6.07) is -0.566. The third-order valence-electron chi connectivity index (χ3n) is 5.43. The van der Waals surface area contributed by atoms with Crippen LogP contribution in [0.2, 0.25) is 0 Å². The minimum absolute atomic E-state index is 0.0261. The lowest BCUT2D eigenvalue weighted by molar-refractivity contribution is -0.132. The zero-order valence-electron chi connectivity index (χ0n) is 18.6. The van der Waals surface area contributed by atoms with Gasteiger partial charge in [0.25, 0.3) is 0 Å². The van der Waals surface area contributed by atoms with E-state index in [0.717, 1.165) is 32.1 Å². The summed E-state index contributed by atoms with van der Waals surface area (Å²) in [4.78, 5) is 39.9. The van der Waals surface area contributed by atoms with Crippen LogP contribution in [0.3, 0.4) is 0 Å². The van der Waals surface area contributed by atoms with E-state index in [0.29, 0.717) is 35.5 Å². The molecule has 1 aromatic rings. The Morgan fingerprint density at radius 2 is 1.71 bits per heavy atom. The van der Waals surface area contributed by atoms with Gasteiger partial charge in [-0.15, -0.1) is 0 Å². The number of ketones is 1. The number of carbonyl (C=O) groups excluding carboxylic acids is 3. The number of aromatic nitrogens is 1. The predicted molar refractivity (Wildman–Crippen MR) is 111 cm³/mol. The first-order valence-corrected chi connectivity index (χ1v) is 10.3. The van der Waals surface area contributed by atoms with Gasteiger partial charge in [0.15, 0.2) is 5.78 Å². The van der Waals surface area contributed by atoms with Crippen molar-refractivity contribution in [3.05, 3.63) is 22.5 Å². The average Bonchev–Trinajstić information content (AvgIpc) is 2.90. The van der Waals surface area contributed by atoms with Crippen molar-refractivity contribution in [1.29, 1.82) is 0 Å². The first-order valence-electron chi connectivity index (χ1n) is 10.3. The van der Waals surface area contributed by atoms with Crippen LogP contribution in [0.15, 0.2) is 0 Å². The third kappa shape index (κ3) is 5.24. The predicted octanol–water partition coefficient (Wildman–Crippen LogP) is 4.21. The van der Waals surface area contributed by atoms with Crippen molar-refractivity contribution in [3.8, 4) is 0 Å². The molecule has 0 radical (unpaired) electrons. The molecular weight excluding hydrogens is 356 g/mol. The van der Waals surface area contributed by atoms with Crippen LogP contribution in [-0.2, 0) is 16.6 Å². The molecule has 0 spiro atoms. The Balaban J connectivity index is 3.11. The highest BCUT2D eigenvalue weighted by molar-refractivity contribution is 6.06. The summed E-state index contributed by atoms with van der Waals surface area (Å²) in [6.07, 6.45) is 5.38. The van der Waals surface area contributed by atoms with E-state index in [1.165, 1.54) is 7.11 Å². The van der Waals surface area contributed by atoms with E-state index in [9.17, 15) is 14.4 Å². The van der Waals surface area contributed by atoms with Gasteiger partial charge in [0.05, 0.1) is 13.2 Å². The van der Waals surface area contributed by atoms with Gasteiger partial charge in [0, 0.05) is 31.3 Å². The summed E-state index contributed by atoms with van der Waals surface area (Å²) in [5.41, 5.74) is 2.20. The molecule has 0 aliphatic carbocycles. The van der Waals surface area contributed by atoms with E-state index in [2.05, 4.69) is 6.92 Å². The molecule has 0 N–H and O–H groups in total. The number of hydrogen-bond donors (Lipinski definition) is 0. The molecule has 0 fully saturated rings. The lowest BCUT2D eigenvalue weighted by Crippen LogP contribution is -2.44. The normalized spacial score (nSPS) is 12.0. The van der Waals surface area contributed by atoms with Gasteiger partial charge in [0.1, 0.15) is 5.69 Å². The van der Waals surface area contributed by atoms with Crippen molar-refractivity contribution < 1.29 is 19.1 Å². The van der Waals surface area contributed by atoms with Crippen molar-refractivity contribution in [2.24, 2.45) is 7.05 Å². The summed E-state index contributed by atoms with van der Waals surface area (Å²) in [7, 11) is 3.08. The van der Waals surface area contributed by atoms with Gasteiger partial charge < -0.3 is 14.2 Å². The largest absolute Gasteiger partial charge is 0.464 e. The minimum atomic E-state index is -0.566. The monoisotopic (exact) mass is 392 g/mol. The second kappa shape index (κ2) is 11.0. The maximum atomic E-state index is 13.3. The molecule has 0 unspecified atom stereocenters. The van der Waals surface area contributed by atoms with Crippen LogP contribution in [0.4, 0.5) is 0 Å². The summed E-state index contributed by atoms with van der Waals surface area (Å²) in [5.74, 6) is -0.568. The average molecular weight is 393 g/mol. The minimum Gasteiger partial charge on any atom is -0.464 e. The van der Waals surface area contributed by atoms with Crippen LogP contribution in [0.5, 0.6) is 0 Å². The number of methoxy groups -OCH3 is 1. The molecule has 28 heavy (non-hydrogen) atoms. The lowest BCUT2D eigenvalue weighted by atomic mass is 9.99. The maximum Gasteiger partial charge on any atom is 0.354 e. The summed E-state index contributed by atoms with van der Waals surface area (Å²) in [5, 5.41) is 0. The molecule has 6 nitrogen and oxygen atoms in total. The Bertz CT molecular complexity index is 706. The topological polar surface area (TPSA) is 68.6 Å². The number of esters is 1. The Morgan fingerprint density at radius 3 is 2.25 bits per heavy atom. The van der Waals surface area contributed by atoms with Crippen molar-refractivity contribution in [2.75, 3.05) is 13.7 Å². The fourth-order valence-electron chi connectivity index (χ4n) is 3.70. The second-order valence-corrected chi connectivity index (χ2v) is 7.42. The molecule has 0 aliphatic heterocycles. The molecule has 1 aromatic heterocycles. The Morgan fingerprint density at radius 1 is 1.07 bits per heavy atom. The first kappa shape index (κ1) is 23.9. The summed E-state index contributed by atoms with van der Waals surface area (Å²) < 4.78 is 6.55. The summed E-state index contributed by atoms with van der Waals surface area (Å²) in [6.45, 7) is 10.0. The van der Waals surface area contributed by atoms with Crippen LogP contribution in [0, 0.1) is 13.8 Å². The van der Waals surface area contributed by atoms with Crippen molar-refractivity contribution in [2.45, 2.75) is 79.2 Å². The molecule has 0 saturated carbocycles. The Hall–Kier alpha value is -2.11. The number of unbranched alkanes of at least 4 members (excludes halogenated alkanes) is 3. The fraction of sp³-hybridized carbons (Fsp3) is 0.682. The van der Waals surface area contributed by atoms with Gasteiger partial charge in [-0.1, -0.05) is 33.1 Å². The van der Waals surface area contributed by atoms with Crippen molar-refractivity contribution in [3.63, 3.8) is 0 Å². The quantitative estimate of drug-likeness (QED) is 0.321. The number of hydrogen-bond acceptors (Lipinski definition) is 4. The number of ether oxygens (including phenoxy) is 1. The van der Waals surface area contributed by atoms with Crippen molar-refractivity contribution >= 4 is 17.7 Å². The Kier molecular flexibility index (Phi) is 9.42. The van der Waals surface area contributed by atoms with Crippen LogP contribution >= 0.6 is 0 Å². The molecule has 1 heterocycles. The van der Waals surface area contributed by atoms with Crippen LogP contribution in [0.1, 0.15) is 91.4 Å². The molecule has 158 valence electrons. The molecule has 0 aliphatic rings. The maximum absolute atomic E-state index is 13.3. The number of amides is 1. The van der Waals surface area contributed by atoms with E-state index < -0.39 is 12.0 Å². The van der Waals surface area contributed by atoms with Crippen molar-refractivity contribution in [1.82, 2.24) is 9.47 Å². The number of nitrogens with zero attached hydrogens (tertiary/aromatic N) is 2. The third-order valence-corrected chi connectivity index (χ3v) is 5.43. The van der Waals surface area contributed by atoms with E-state index in [1.54, 1.807) is 30.4 Å². The molecule has 0 bridgehead atoms. The van der Waals surface area contributed by atoms with E-state index in [-0.39, 0.29) is 11.7 Å². The van der Waals surface area contributed by atoms with Gasteiger partial charge >= 0.3 is 5.97 Å². The molecule has 0 saturated heterocycles. The van der Waals surface area contributed by atoms with E-state index >= 15 is 0 Å². The highest BCUT2D eigenvalue weighted by Crippen LogP contribution is 2.25.